The smallest absolute Gasteiger partial charge is 0.269 e. The van der Waals surface area contributed by atoms with E-state index in [4.69, 9.17) is 25.9 Å². The summed E-state index contributed by atoms with van der Waals surface area (Å²) in [5.74, 6) is 0.916. The Labute approximate surface area is 185 Å². The second-order valence-corrected chi connectivity index (χ2v) is 7.15. The van der Waals surface area contributed by atoms with Crippen LogP contribution >= 0.6 is 11.6 Å². The highest BCUT2D eigenvalue weighted by molar-refractivity contribution is 6.32. The Morgan fingerprint density at radius 3 is 2.55 bits per heavy atom. The number of benzene rings is 3. The van der Waals surface area contributed by atoms with Gasteiger partial charge in [0, 0.05) is 17.7 Å². The second-order valence-electron chi connectivity index (χ2n) is 6.74. The number of oxime groups is 1. The number of nitro benzene ring substituents is 1. The molecule has 0 heterocycles. The minimum Gasteiger partial charge on any atom is -0.493 e. The highest BCUT2D eigenvalue weighted by atomic mass is 35.5. The monoisotopic (exact) mass is 440 g/mol. The van der Waals surface area contributed by atoms with Crippen molar-refractivity contribution in [1.82, 2.24) is 0 Å². The summed E-state index contributed by atoms with van der Waals surface area (Å²) in [6, 6.07) is 17.6. The van der Waals surface area contributed by atoms with Crippen molar-refractivity contribution >= 4 is 23.5 Å². The Hall–Kier alpha value is -3.58. The average molecular weight is 441 g/mol. The van der Waals surface area contributed by atoms with Crippen LogP contribution in [0.4, 0.5) is 5.69 Å². The van der Waals surface area contributed by atoms with E-state index in [-0.39, 0.29) is 12.3 Å². The molecule has 3 aromatic carbocycles. The van der Waals surface area contributed by atoms with E-state index < -0.39 is 4.92 Å². The van der Waals surface area contributed by atoms with Crippen molar-refractivity contribution in [2.24, 2.45) is 5.16 Å². The standard InChI is InChI=1S/C23H21ClN2O5/c1-16-6-8-17(9-7-16)14-30-23-21(24)11-19(12-22(23)29-2)13-25-31-15-18-4-3-5-20(10-18)26(27)28/h3-13H,14-15H2,1-2H3/b25-13-. The highest BCUT2D eigenvalue weighted by Gasteiger charge is 2.12. The molecule has 7 nitrogen and oxygen atoms in total. The Balaban J connectivity index is 1.64. The Bertz CT molecular complexity index is 1080. The summed E-state index contributed by atoms with van der Waals surface area (Å²) in [5.41, 5.74) is 3.49. The van der Waals surface area contributed by atoms with Gasteiger partial charge in [-0.05, 0) is 30.2 Å². The molecule has 0 spiro atoms. The first-order valence-corrected chi connectivity index (χ1v) is 9.78. The van der Waals surface area contributed by atoms with Crippen LogP contribution < -0.4 is 9.47 Å². The molecule has 0 N–H and O–H groups in total. The number of halogens is 1. The van der Waals surface area contributed by atoms with Crippen LogP contribution in [0.1, 0.15) is 22.3 Å². The van der Waals surface area contributed by atoms with Crippen LogP contribution in [-0.4, -0.2) is 18.2 Å². The normalized spacial score (nSPS) is 10.8. The van der Waals surface area contributed by atoms with Crippen LogP contribution in [0.25, 0.3) is 0 Å². The van der Waals surface area contributed by atoms with Crippen molar-refractivity contribution in [3.63, 3.8) is 0 Å². The number of nitrogens with zero attached hydrogens (tertiary/aromatic N) is 2. The van der Waals surface area contributed by atoms with Crippen LogP contribution in [0.3, 0.4) is 0 Å². The highest BCUT2D eigenvalue weighted by Crippen LogP contribution is 2.36. The first-order chi connectivity index (χ1) is 15.0. The van der Waals surface area contributed by atoms with Gasteiger partial charge in [0.1, 0.15) is 13.2 Å². The fourth-order valence-corrected chi connectivity index (χ4v) is 3.04. The molecule has 31 heavy (non-hydrogen) atoms. The maximum Gasteiger partial charge on any atom is 0.269 e. The van der Waals surface area contributed by atoms with Crippen molar-refractivity contribution in [2.45, 2.75) is 20.1 Å². The predicted octanol–water partition coefficient (Wildman–Crippen LogP) is 5.69. The van der Waals surface area contributed by atoms with Crippen LogP contribution in [0, 0.1) is 17.0 Å². The summed E-state index contributed by atoms with van der Waals surface area (Å²) < 4.78 is 11.3. The van der Waals surface area contributed by atoms with Gasteiger partial charge in [-0.2, -0.15) is 0 Å². The molecule has 160 valence electrons. The van der Waals surface area contributed by atoms with Crippen molar-refractivity contribution in [3.05, 3.63) is 98.1 Å². The molecule has 0 fully saturated rings. The average Bonchev–Trinajstić information content (AvgIpc) is 2.77. The van der Waals surface area contributed by atoms with Gasteiger partial charge in [-0.1, -0.05) is 58.7 Å². The molecule has 0 amide bonds. The SMILES string of the molecule is COc1cc(/C=N\OCc2cccc([N+](=O)[O-])c2)cc(Cl)c1OCc1ccc(C)cc1. The van der Waals surface area contributed by atoms with Gasteiger partial charge in [0.2, 0.25) is 0 Å². The molecule has 0 aromatic heterocycles. The van der Waals surface area contributed by atoms with Gasteiger partial charge in [-0.15, -0.1) is 0 Å². The molecule has 0 radical (unpaired) electrons. The van der Waals surface area contributed by atoms with Gasteiger partial charge >= 0.3 is 0 Å². The third-order valence-electron chi connectivity index (χ3n) is 4.38. The fourth-order valence-electron chi connectivity index (χ4n) is 2.76. The molecular formula is C23H21ClN2O5. The molecule has 3 aromatic rings. The number of hydrogen-bond donors (Lipinski definition) is 0. The summed E-state index contributed by atoms with van der Waals surface area (Å²) >= 11 is 6.39. The number of methoxy groups -OCH3 is 1. The minimum absolute atomic E-state index is 0.00261. The minimum atomic E-state index is -0.455. The van der Waals surface area contributed by atoms with E-state index in [9.17, 15) is 10.1 Å². The maximum atomic E-state index is 10.8. The lowest BCUT2D eigenvalue weighted by Gasteiger charge is -2.13. The number of rotatable bonds is 9. The van der Waals surface area contributed by atoms with Gasteiger partial charge in [-0.3, -0.25) is 10.1 Å². The zero-order valence-electron chi connectivity index (χ0n) is 17.1. The second kappa shape index (κ2) is 10.4. The largest absolute Gasteiger partial charge is 0.493 e. The number of ether oxygens (including phenoxy) is 2. The van der Waals surface area contributed by atoms with E-state index in [0.29, 0.717) is 34.3 Å². The van der Waals surface area contributed by atoms with Crippen molar-refractivity contribution < 1.29 is 19.2 Å². The molecule has 0 atom stereocenters. The quantitative estimate of drug-likeness (QED) is 0.242. The summed E-state index contributed by atoms with van der Waals surface area (Å²) in [6.45, 7) is 2.48. The van der Waals surface area contributed by atoms with E-state index in [1.165, 1.54) is 31.0 Å². The summed E-state index contributed by atoms with van der Waals surface area (Å²) in [4.78, 5) is 15.6. The molecular weight excluding hydrogens is 420 g/mol. The Morgan fingerprint density at radius 2 is 1.84 bits per heavy atom. The first kappa shape index (κ1) is 22.1. The molecule has 0 saturated carbocycles. The summed E-state index contributed by atoms with van der Waals surface area (Å²) in [5, 5.41) is 15.1. The van der Waals surface area contributed by atoms with E-state index >= 15 is 0 Å². The maximum absolute atomic E-state index is 10.8. The molecule has 0 aliphatic heterocycles. The third-order valence-corrected chi connectivity index (χ3v) is 4.67. The molecule has 0 bridgehead atoms. The lowest BCUT2D eigenvalue weighted by molar-refractivity contribution is -0.384. The summed E-state index contributed by atoms with van der Waals surface area (Å²) in [6.07, 6.45) is 1.48. The molecule has 3 rings (SSSR count). The van der Waals surface area contributed by atoms with Crippen molar-refractivity contribution in [2.75, 3.05) is 7.11 Å². The number of hydrogen-bond acceptors (Lipinski definition) is 6. The zero-order chi connectivity index (χ0) is 22.2. The fraction of sp³-hybridized carbons (Fsp3) is 0.174. The van der Waals surface area contributed by atoms with E-state index in [0.717, 1.165) is 5.56 Å². The molecule has 0 aliphatic rings. The molecule has 0 aliphatic carbocycles. The Kier molecular flexibility index (Phi) is 7.45. The lowest BCUT2D eigenvalue weighted by atomic mass is 10.1. The molecule has 0 unspecified atom stereocenters. The molecule has 8 heteroatoms. The predicted molar refractivity (Wildman–Crippen MR) is 119 cm³/mol. The van der Waals surface area contributed by atoms with Gasteiger partial charge < -0.3 is 14.3 Å². The zero-order valence-corrected chi connectivity index (χ0v) is 17.8. The Morgan fingerprint density at radius 1 is 1.06 bits per heavy atom. The van der Waals surface area contributed by atoms with Crippen LogP contribution in [-0.2, 0) is 18.1 Å². The van der Waals surface area contributed by atoms with Crippen LogP contribution in [0.2, 0.25) is 5.02 Å². The van der Waals surface area contributed by atoms with E-state index in [1.807, 2.05) is 31.2 Å². The van der Waals surface area contributed by atoms with Gasteiger partial charge in [0.15, 0.2) is 11.5 Å². The van der Waals surface area contributed by atoms with Crippen molar-refractivity contribution in [1.29, 1.82) is 0 Å². The van der Waals surface area contributed by atoms with Gasteiger partial charge in [0.25, 0.3) is 5.69 Å². The number of aryl methyl sites for hydroxylation is 1. The number of nitro groups is 1. The number of non-ortho nitro benzene ring substituents is 1. The van der Waals surface area contributed by atoms with Crippen molar-refractivity contribution in [3.8, 4) is 11.5 Å². The van der Waals surface area contributed by atoms with Crippen LogP contribution in [0.15, 0.2) is 65.8 Å². The lowest BCUT2D eigenvalue weighted by Crippen LogP contribution is -1.99. The third kappa shape index (κ3) is 6.20. The topological polar surface area (TPSA) is 83.2 Å². The summed E-state index contributed by atoms with van der Waals surface area (Å²) in [7, 11) is 1.53. The van der Waals surface area contributed by atoms with Gasteiger partial charge in [0.05, 0.1) is 23.3 Å². The van der Waals surface area contributed by atoms with E-state index in [1.54, 1.807) is 24.3 Å². The molecule has 0 saturated heterocycles. The van der Waals surface area contributed by atoms with Crippen LogP contribution in [0.5, 0.6) is 11.5 Å². The van der Waals surface area contributed by atoms with Gasteiger partial charge in [-0.25, -0.2) is 0 Å². The first-order valence-electron chi connectivity index (χ1n) is 9.41. The van der Waals surface area contributed by atoms with E-state index in [2.05, 4.69) is 5.16 Å².